The van der Waals surface area contributed by atoms with Gasteiger partial charge in [0.15, 0.2) is 5.75 Å². The summed E-state index contributed by atoms with van der Waals surface area (Å²) < 4.78 is 30.7. The van der Waals surface area contributed by atoms with Crippen LogP contribution in [0, 0.1) is 13.8 Å². The lowest BCUT2D eigenvalue weighted by atomic mass is 10.1. The molecule has 6 nitrogen and oxygen atoms in total. The van der Waals surface area contributed by atoms with E-state index in [1.807, 2.05) is 0 Å². The van der Waals surface area contributed by atoms with Crippen molar-refractivity contribution >= 4 is 27.4 Å². The molecule has 0 heterocycles. The molecule has 0 unspecified atom stereocenters. The maximum atomic E-state index is 11.8. The number of rotatable bonds is 5. The summed E-state index contributed by atoms with van der Waals surface area (Å²) in [6.07, 6.45) is 0. The first-order chi connectivity index (χ1) is 8.76. The van der Waals surface area contributed by atoms with Gasteiger partial charge in [0, 0.05) is 5.69 Å². The highest BCUT2D eigenvalue weighted by Crippen LogP contribution is 2.26. The van der Waals surface area contributed by atoms with E-state index in [0.29, 0.717) is 16.9 Å². The van der Waals surface area contributed by atoms with Gasteiger partial charge < -0.3 is 10.5 Å². The van der Waals surface area contributed by atoms with E-state index in [-0.39, 0.29) is 6.61 Å². The number of nitrogens with one attached hydrogen (secondary N) is 1. The standard InChI is InChI=1S/C12H18N2O4S/c1-4-18-11(15)7-19(16,17)14-12-8(2)5-6-10(13)9(12)3/h5-6,14H,4,7,13H2,1-3H3. The number of nitrogen functional groups attached to an aromatic ring is 1. The molecule has 0 fully saturated rings. The Balaban J connectivity index is 2.96. The zero-order chi connectivity index (χ0) is 14.6. The van der Waals surface area contributed by atoms with Crippen molar-refractivity contribution in [1.82, 2.24) is 0 Å². The van der Waals surface area contributed by atoms with Crippen molar-refractivity contribution in [3.63, 3.8) is 0 Å². The van der Waals surface area contributed by atoms with Crippen molar-refractivity contribution < 1.29 is 17.9 Å². The first kappa shape index (κ1) is 15.3. The maximum absolute atomic E-state index is 11.8. The number of anilines is 2. The third-order valence-electron chi connectivity index (χ3n) is 2.59. The minimum absolute atomic E-state index is 0.144. The quantitative estimate of drug-likeness (QED) is 0.626. The van der Waals surface area contributed by atoms with Crippen molar-refractivity contribution in [1.29, 1.82) is 0 Å². The average molecular weight is 286 g/mol. The van der Waals surface area contributed by atoms with Crippen LogP contribution in [0.15, 0.2) is 12.1 Å². The number of aryl methyl sites for hydroxylation is 1. The molecular formula is C12H18N2O4S. The molecule has 19 heavy (non-hydrogen) atoms. The summed E-state index contributed by atoms with van der Waals surface area (Å²) in [5, 5.41) is 0. The second-order valence-electron chi connectivity index (χ2n) is 4.14. The van der Waals surface area contributed by atoms with Gasteiger partial charge in [-0.3, -0.25) is 9.52 Å². The number of carbonyl (C=O) groups excluding carboxylic acids is 1. The summed E-state index contributed by atoms with van der Waals surface area (Å²) in [6.45, 7) is 5.23. The zero-order valence-electron chi connectivity index (χ0n) is 11.2. The number of hydrogen-bond donors (Lipinski definition) is 2. The fourth-order valence-electron chi connectivity index (χ4n) is 1.57. The van der Waals surface area contributed by atoms with Crippen LogP contribution < -0.4 is 10.5 Å². The molecule has 106 valence electrons. The van der Waals surface area contributed by atoms with Gasteiger partial charge in [0.2, 0.25) is 10.0 Å². The highest BCUT2D eigenvalue weighted by atomic mass is 32.2. The Morgan fingerprint density at radius 1 is 1.37 bits per heavy atom. The summed E-state index contributed by atoms with van der Waals surface area (Å²) >= 11 is 0. The normalized spacial score (nSPS) is 11.1. The lowest BCUT2D eigenvalue weighted by Crippen LogP contribution is -2.25. The van der Waals surface area contributed by atoms with Crippen LogP contribution in [0.2, 0.25) is 0 Å². The van der Waals surface area contributed by atoms with E-state index in [1.165, 1.54) is 0 Å². The maximum Gasteiger partial charge on any atom is 0.323 e. The van der Waals surface area contributed by atoms with Gasteiger partial charge in [-0.2, -0.15) is 0 Å². The Hall–Kier alpha value is -1.76. The highest BCUT2D eigenvalue weighted by molar-refractivity contribution is 7.93. The number of hydrogen-bond acceptors (Lipinski definition) is 5. The van der Waals surface area contributed by atoms with Gasteiger partial charge >= 0.3 is 5.97 Å². The topological polar surface area (TPSA) is 98.5 Å². The van der Waals surface area contributed by atoms with Crippen LogP contribution in [0.3, 0.4) is 0 Å². The first-order valence-electron chi connectivity index (χ1n) is 5.78. The molecule has 0 aromatic heterocycles. The van der Waals surface area contributed by atoms with E-state index in [0.717, 1.165) is 5.56 Å². The predicted molar refractivity (Wildman–Crippen MR) is 74.4 cm³/mol. The Morgan fingerprint density at radius 2 is 2.00 bits per heavy atom. The van der Waals surface area contributed by atoms with Crippen LogP contribution in [-0.4, -0.2) is 26.7 Å². The molecule has 0 aliphatic rings. The van der Waals surface area contributed by atoms with Gasteiger partial charge in [0.05, 0.1) is 12.3 Å². The predicted octanol–water partition coefficient (Wildman–Crippen LogP) is 1.19. The Bertz CT molecular complexity index is 582. The van der Waals surface area contributed by atoms with Crippen LogP contribution in [0.4, 0.5) is 11.4 Å². The molecule has 7 heteroatoms. The molecule has 0 bridgehead atoms. The second kappa shape index (κ2) is 5.92. The molecule has 0 amide bonds. The lowest BCUT2D eigenvalue weighted by molar-refractivity contribution is -0.139. The fraction of sp³-hybridized carbons (Fsp3) is 0.417. The van der Waals surface area contributed by atoms with Crippen LogP contribution >= 0.6 is 0 Å². The van der Waals surface area contributed by atoms with E-state index in [4.69, 9.17) is 5.73 Å². The summed E-state index contributed by atoms with van der Waals surface area (Å²) in [4.78, 5) is 11.2. The van der Waals surface area contributed by atoms with Crippen molar-refractivity contribution in [2.45, 2.75) is 20.8 Å². The summed E-state index contributed by atoms with van der Waals surface area (Å²) in [5.41, 5.74) is 7.99. The molecular weight excluding hydrogens is 268 g/mol. The summed E-state index contributed by atoms with van der Waals surface area (Å²) in [5.74, 6) is -1.50. The Labute approximate surface area is 113 Å². The van der Waals surface area contributed by atoms with Crippen molar-refractivity contribution in [2.24, 2.45) is 0 Å². The van der Waals surface area contributed by atoms with Crippen LogP contribution in [-0.2, 0) is 19.6 Å². The third kappa shape index (κ3) is 4.13. The number of esters is 1. The molecule has 1 rings (SSSR count). The Kier molecular flexibility index (Phi) is 4.77. The number of benzene rings is 1. The fourth-order valence-corrected chi connectivity index (χ4v) is 2.66. The lowest BCUT2D eigenvalue weighted by Gasteiger charge is -2.14. The van der Waals surface area contributed by atoms with E-state index in [2.05, 4.69) is 9.46 Å². The monoisotopic (exact) mass is 286 g/mol. The second-order valence-corrected chi connectivity index (χ2v) is 5.86. The summed E-state index contributed by atoms with van der Waals surface area (Å²) in [6, 6.07) is 3.42. The number of nitrogens with two attached hydrogens (primary N) is 1. The first-order valence-corrected chi connectivity index (χ1v) is 7.44. The third-order valence-corrected chi connectivity index (χ3v) is 3.72. The molecule has 0 spiro atoms. The van der Waals surface area contributed by atoms with Crippen molar-refractivity contribution in [3.8, 4) is 0 Å². The minimum Gasteiger partial charge on any atom is -0.465 e. The zero-order valence-corrected chi connectivity index (χ0v) is 12.0. The number of ether oxygens (including phenoxy) is 1. The van der Waals surface area contributed by atoms with Crippen molar-refractivity contribution in [2.75, 3.05) is 22.8 Å². The van der Waals surface area contributed by atoms with E-state index < -0.39 is 21.7 Å². The largest absolute Gasteiger partial charge is 0.465 e. The van der Waals surface area contributed by atoms with Gasteiger partial charge in [-0.25, -0.2) is 8.42 Å². The number of carbonyl (C=O) groups is 1. The molecule has 0 aliphatic heterocycles. The van der Waals surface area contributed by atoms with E-state index in [1.54, 1.807) is 32.9 Å². The average Bonchev–Trinajstić information content (AvgIpc) is 2.29. The van der Waals surface area contributed by atoms with Crippen LogP contribution in [0.5, 0.6) is 0 Å². The molecule has 0 atom stereocenters. The molecule has 0 aliphatic carbocycles. The van der Waals surface area contributed by atoms with Crippen LogP contribution in [0.25, 0.3) is 0 Å². The molecule has 1 aromatic carbocycles. The van der Waals surface area contributed by atoms with Gasteiger partial charge in [0.25, 0.3) is 0 Å². The molecule has 0 saturated heterocycles. The SMILES string of the molecule is CCOC(=O)CS(=O)(=O)Nc1c(C)ccc(N)c1C. The Morgan fingerprint density at radius 3 is 2.58 bits per heavy atom. The van der Waals surface area contributed by atoms with Gasteiger partial charge in [0.1, 0.15) is 0 Å². The van der Waals surface area contributed by atoms with Crippen molar-refractivity contribution in [3.05, 3.63) is 23.3 Å². The molecule has 3 N–H and O–H groups in total. The summed E-state index contributed by atoms with van der Waals surface area (Å²) in [7, 11) is -3.80. The van der Waals surface area contributed by atoms with Crippen LogP contribution in [0.1, 0.15) is 18.1 Å². The minimum atomic E-state index is -3.80. The molecule has 0 radical (unpaired) electrons. The van der Waals surface area contributed by atoms with Gasteiger partial charge in [-0.1, -0.05) is 6.07 Å². The molecule has 0 saturated carbocycles. The van der Waals surface area contributed by atoms with Gasteiger partial charge in [-0.05, 0) is 38.0 Å². The number of sulfonamides is 1. The van der Waals surface area contributed by atoms with E-state index >= 15 is 0 Å². The smallest absolute Gasteiger partial charge is 0.323 e. The van der Waals surface area contributed by atoms with E-state index in [9.17, 15) is 13.2 Å². The highest BCUT2D eigenvalue weighted by Gasteiger charge is 2.19. The molecule has 1 aromatic rings. The van der Waals surface area contributed by atoms with Gasteiger partial charge in [-0.15, -0.1) is 0 Å².